The molecule has 0 heterocycles. The van der Waals surface area contributed by atoms with Crippen LogP contribution in [0.2, 0.25) is 0 Å². The average Bonchev–Trinajstić information content (AvgIpc) is 1.69. The van der Waals surface area contributed by atoms with E-state index in [1.165, 1.54) is 17.1 Å². The molecule has 44 valence electrons. The summed E-state index contributed by atoms with van der Waals surface area (Å²) in [7, 11) is 0. The Bertz CT molecular complexity index is 45.3. The van der Waals surface area contributed by atoms with Crippen molar-refractivity contribution >= 4 is 6.21 Å². The van der Waals surface area contributed by atoms with E-state index < -0.39 is 0 Å². The van der Waals surface area contributed by atoms with Gasteiger partial charge in [-0.3, -0.25) is 0 Å². The molecule has 0 aromatic heterocycles. The number of unbranched alkanes of at least 4 members (excludes halogenated alkanes) is 1. The van der Waals surface area contributed by atoms with Gasteiger partial charge in [0.05, 0.1) is 0 Å². The van der Waals surface area contributed by atoms with Gasteiger partial charge in [0.15, 0.2) is 0 Å². The fourth-order valence-corrected chi connectivity index (χ4v) is 1.52. The van der Waals surface area contributed by atoms with Crippen LogP contribution in [0.5, 0.6) is 0 Å². The van der Waals surface area contributed by atoms with Crippen molar-refractivity contribution in [3.05, 3.63) is 0 Å². The molecule has 7 heavy (non-hydrogen) atoms. The van der Waals surface area contributed by atoms with Crippen LogP contribution in [-0.2, 0) is 0 Å². The molecule has 0 amide bonds. The summed E-state index contributed by atoms with van der Waals surface area (Å²) in [4.78, 5) is 2.28. The van der Waals surface area contributed by atoms with Gasteiger partial charge in [0.25, 0.3) is 0 Å². The molecule has 0 saturated carbocycles. The van der Waals surface area contributed by atoms with E-state index in [4.69, 9.17) is 5.41 Å². The van der Waals surface area contributed by atoms with Crippen LogP contribution in [0.15, 0.2) is 0 Å². The second kappa shape index (κ2) is 6.40. The van der Waals surface area contributed by atoms with Crippen LogP contribution in [0, 0.1) is 5.41 Å². The summed E-state index contributed by atoms with van der Waals surface area (Å²) >= 11 is 0.492. The maximum atomic E-state index is 6.67. The van der Waals surface area contributed by atoms with Gasteiger partial charge >= 0.3 is 55.0 Å². The first-order valence-electron chi connectivity index (χ1n) is 2.34. The maximum absolute atomic E-state index is 6.67. The Morgan fingerprint density at radius 2 is 2.43 bits per heavy atom. The first-order chi connectivity index (χ1) is 3.41. The van der Waals surface area contributed by atoms with E-state index in [0.29, 0.717) is 21.2 Å². The Morgan fingerprint density at radius 3 is 2.86 bits per heavy atom. The zero-order valence-corrected chi connectivity index (χ0v) is 6.73. The van der Waals surface area contributed by atoms with Gasteiger partial charge in [0.1, 0.15) is 0 Å². The third-order valence-corrected chi connectivity index (χ3v) is 2.51. The standard InChI is InChI=1S/C5H11IN/c1-6-4-2-3-5-7/h5,7H,2-4H2,1H3/q-1. The van der Waals surface area contributed by atoms with Gasteiger partial charge in [0.2, 0.25) is 0 Å². The quantitative estimate of drug-likeness (QED) is 0.244. The van der Waals surface area contributed by atoms with Crippen molar-refractivity contribution in [1.82, 2.24) is 0 Å². The van der Waals surface area contributed by atoms with E-state index in [9.17, 15) is 0 Å². The first-order valence-corrected chi connectivity index (χ1v) is 6.03. The van der Waals surface area contributed by atoms with Crippen LogP contribution in [-0.4, -0.2) is 15.6 Å². The molecule has 0 unspecified atom stereocenters. The molecular formula is C5H11IN-. The Balaban J connectivity index is 2.56. The Labute approximate surface area is 55.3 Å². The number of halogens is 1. The van der Waals surface area contributed by atoms with Crippen LogP contribution in [0.1, 0.15) is 12.8 Å². The molecule has 1 N–H and O–H groups in total. The van der Waals surface area contributed by atoms with Crippen LogP contribution in [0.3, 0.4) is 0 Å². The molecular weight excluding hydrogens is 201 g/mol. The van der Waals surface area contributed by atoms with Gasteiger partial charge < -0.3 is 0 Å². The van der Waals surface area contributed by atoms with E-state index in [1.54, 1.807) is 0 Å². The molecule has 0 atom stereocenters. The summed E-state index contributed by atoms with van der Waals surface area (Å²) in [5.74, 6) is 0. The van der Waals surface area contributed by atoms with Gasteiger partial charge in [-0.05, 0) is 0 Å². The predicted molar refractivity (Wildman–Crippen MR) is 28.8 cm³/mol. The number of rotatable bonds is 4. The number of hydrogen-bond donors (Lipinski definition) is 1. The van der Waals surface area contributed by atoms with Crippen molar-refractivity contribution in [3.8, 4) is 0 Å². The van der Waals surface area contributed by atoms with Crippen molar-refractivity contribution < 1.29 is 21.2 Å². The van der Waals surface area contributed by atoms with Gasteiger partial charge in [-0.15, -0.1) is 0 Å². The van der Waals surface area contributed by atoms with Gasteiger partial charge in [-0.2, -0.15) is 0 Å². The van der Waals surface area contributed by atoms with E-state index >= 15 is 0 Å². The molecule has 0 radical (unpaired) electrons. The molecule has 1 nitrogen and oxygen atoms in total. The van der Waals surface area contributed by atoms with Crippen molar-refractivity contribution in [2.45, 2.75) is 12.8 Å². The molecule has 2 heteroatoms. The predicted octanol–water partition coefficient (Wildman–Crippen LogP) is -1.87. The summed E-state index contributed by atoms with van der Waals surface area (Å²) in [5.41, 5.74) is 0. The van der Waals surface area contributed by atoms with E-state index in [0.717, 1.165) is 6.42 Å². The van der Waals surface area contributed by atoms with Gasteiger partial charge in [-0.25, -0.2) is 0 Å². The van der Waals surface area contributed by atoms with Crippen molar-refractivity contribution in [1.29, 1.82) is 5.41 Å². The molecule has 0 aliphatic carbocycles. The Hall–Kier alpha value is 0.400. The minimum absolute atomic E-state index is 0.492. The fraction of sp³-hybridized carbons (Fsp3) is 0.800. The molecule has 0 aromatic carbocycles. The normalized spacial score (nSPS) is 9.29. The average molecular weight is 212 g/mol. The molecule has 0 rings (SSSR count). The van der Waals surface area contributed by atoms with Crippen molar-refractivity contribution in [3.63, 3.8) is 0 Å². The second-order valence-corrected chi connectivity index (χ2v) is 3.91. The third-order valence-electron chi connectivity index (χ3n) is 0.671. The topological polar surface area (TPSA) is 23.9 Å². The third kappa shape index (κ3) is 6.40. The zero-order valence-electron chi connectivity index (χ0n) is 4.58. The minimum atomic E-state index is 0.492. The van der Waals surface area contributed by atoms with Crippen LogP contribution < -0.4 is 21.2 Å². The monoisotopic (exact) mass is 212 g/mol. The van der Waals surface area contributed by atoms with Gasteiger partial charge in [0, 0.05) is 0 Å². The Morgan fingerprint density at radius 1 is 1.71 bits per heavy atom. The summed E-state index contributed by atoms with van der Waals surface area (Å²) in [5, 5.41) is 6.67. The number of hydrogen-bond acceptors (Lipinski definition) is 1. The van der Waals surface area contributed by atoms with E-state index in [2.05, 4.69) is 4.93 Å². The Kier molecular flexibility index (Phi) is 6.77. The van der Waals surface area contributed by atoms with Gasteiger partial charge in [-0.1, -0.05) is 0 Å². The molecule has 0 bridgehead atoms. The zero-order chi connectivity index (χ0) is 5.54. The van der Waals surface area contributed by atoms with Crippen molar-refractivity contribution in [2.24, 2.45) is 0 Å². The molecule has 0 aromatic rings. The summed E-state index contributed by atoms with van der Waals surface area (Å²) in [6.07, 6.45) is 3.74. The van der Waals surface area contributed by atoms with Crippen LogP contribution in [0.4, 0.5) is 0 Å². The second-order valence-electron chi connectivity index (χ2n) is 1.30. The number of alkyl halides is 2. The molecule has 0 saturated heterocycles. The molecule has 0 spiro atoms. The summed E-state index contributed by atoms with van der Waals surface area (Å²) < 4.78 is 1.38. The summed E-state index contributed by atoms with van der Waals surface area (Å²) in [6, 6.07) is 0. The van der Waals surface area contributed by atoms with Crippen molar-refractivity contribution in [2.75, 3.05) is 9.36 Å². The fourth-order valence-electron chi connectivity index (χ4n) is 0.313. The van der Waals surface area contributed by atoms with Crippen LogP contribution in [0.25, 0.3) is 0 Å². The number of nitrogens with one attached hydrogen (secondary N) is 1. The van der Waals surface area contributed by atoms with E-state index in [-0.39, 0.29) is 0 Å². The first kappa shape index (κ1) is 7.40. The molecule has 0 fully saturated rings. The molecule has 0 aliphatic heterocycles. The van der Waals surface area contributed by atoms with Crippen LogP contribution >= 0.6 is 0 Å². The summed E-state index contributed by atoms with van der Waals surface area (Å²) in [6.45, 7) is 0. The SMILES string of the molecule is C[I-]CCCC=N. The molecule has 0 aliphatic rings. The van der Waals surface area contributed by atoms with E-state index in [1.807, 2.05) is 0 Å².